The summed E-state index contributed by atoms with van der Waals surface area (Å²) in [7, 11) is 0. The van der Waals surface area contributed by atoms with E-state index in [4.69, 9.17) is 17.2 Å². The van der Waals surface area contributed by atoms with Crippen molar-refractivity contribution in [2.75, 3.05) is 13.2 Å². The molecule has 0 spiro atoms. The molecule has 5 rings (SSSR count). The highest BCUT2D eigenvalue weighted by Crippen LogP contribution is 2.22. The molecule has 27 N–H and O–H groups in total. The number of hydrogen-bond donors (Lipinski definition) is 24. The van der Waals surface area contributed by atoms with Gasteiger partial charge in [0.05, 0.1) is 30.8 Å². The van der Waals surface area contributed by atoms with Crippen LogP contribution in [0.3, 0.4) is 0 Å². The molecule has 0 saturated carbocycles. The summed E-state index contributed by atoms with van der Waals surface area (Å²) in [4.78, 5) is 231. The van der Waals surface area contributed by atoms with Gasteiger partial charge in [-0.2, -0.15) is 0 Å². The average molecular weight is 1680 g/mol. The number of fused-ring (bicyclic) bond motifs is 1. The topological polar surface area (TPSA) is 673 Å². The highest BCUT2D eigenvalue weighted by Gasteiger charge is 2.40. The summed E-state index contributed by atoms with van der Waals surface area (Å²) in [6, 6.07) is -3.73. The molecule has 0 radical (unpaired) electrons. The molecule has 656 valence electrons. The number of hydrogen-bond acceptors (Lipinski definition) is 23. The minimum absolute atomic E-state index is 0.0800. The summed E-state index contributed by atoms with van der Waals surface area (Å²) in [6.07, 6.45) is -2.32. The molecule has 0 aliphatic rings. The minimum Gasteiger partial charge on any atom is -0.508 e. The van der Waals surface area contributed by atoms with Crippen LogP contribution in [-0.2, 0) is 102 Å². The first-order valence-electron chi connectivity index (χ1n) is 39.1. The molecule has 2 heterocycles. The van der Waals surface area contributed by atoms with Crippen LogP contribution in [0.25, 0.3) is 10.9 Å². The maximum Gasteiger partial charge on any atom is 0.303 e. The van der Waals surface area contributed by atoms with Crippen molar-refractivity contribution in [3.8, 4) is 11.5 Å². The van der Waals surface area contributed by atoms with E-state index in [0.29, 0.717) is 40.4 Å². The van der Waals surface area contributed by atoms with E-state index in [0.717, 1.165) is 6.92 Å². The first kappa shape index (κ1) is 97.9. The fraction of sp³-hybridized carbons (Fsp3) is 0.506. The number of phenolic OH excluding ortho intramolecular Hbond substituents is 2. The molecule has 0 unspecified atom stereocenters. The molecule has 15 atom stereocenters. The van der Waals surface area contributed by atoms with E-state index in [1.54, 1.807) is 58.2 Å². The van der Waals surface area contributed by atoms with Gasteiger partial charge >= 0.3 is 5.97 Å². The fourth-order valence-electron chi connectivity index (χ4n) is 12.6. The number of unbranched alkanes of at least 4 members (excludes halogenated alkanes) is 1. The summed E-state index contributed by atoms with van der Waals surface area (Å²) in [5, 5.41) is 94.9. The Hall–Kier alpha value is -12.6. The van der Waals surface area contributed by atoms with Gasteiger partial charge < -0.3 is 127 Å². The molecule has 0 aliphatic heterocycles. The van der Waals surface area contributed by atoms with Gasteiger partial charge in [0.25, 0.3) is 0 Å². The fourth-order valence-corrected chi connectivity index (χ4v) is 12.6. The van der Waals surface area contributed by atoms with E-state index in [9.17, 15) is 97.8 Å². The number of H-pyrrole nitrogens is 2. The van der Waals surface area contributed by atoms with Crippen LogP contribution in [0.5, 0.6) is 11.5 Å². The maximum atomic E-state index is 15.3. The molecule has 3 aromatic carbocycles. The Morgan fingerprint density at radius 2 is 0.842 bits per heavy atom. The molecule has 0 aliphatic carbocycles. The highest BCUT2D eigenvalue weighted by molar-refractivity contribution is 6.01. The second-order valence-electron chi connectivity index (χ2n) is 30.1. The molecule has 41 nitrogen and oxygen atoms in total. The number of carboxylic acids is 1. The van der Waals surface area contributed by atoms with Crippen LogP contribution in [0, 0.1) is 11.8 Å². The Kier molecular flexibility index (Phi) is 39.4. The summed E-state index contributed by atoms with van der Waals surface area (Å²) >= 11 is 0. The zero-order valence-electron chi connectivity index (χ0n) is 68.0. The van der Waals surface area contributed by atoms with E-state index < -0.39 is 237 Å². The molecular formula is C79H113N19O22. The van der Waals surface area contributed by atoms with Crippen molar-refractivity contribution in [3.63, 3.8) is 0 Å². The zero-order chi connectivity index (χ0) is 89.2. The van der Waals surface area contributed by atoms with E-state index in [-0.39, 0.29) is 61.3 Å². The van der Waals surface area contributed by atoms with Crippen LogP contribution in [0.15, 0.2) is 91.5 Å². The van der Waals surface area contributed by atoms with Crippen LogP contribution in [0.2, 0.25) is 0 Å². The van der Waals surface area contributed by atoms with Crippen LogP contribution < -0.4 is 86.3 Å². The van der Waals surface area contributed by atoms with Crippen molar-refractivity contribution in [1.82, 2.24) is 84.1 Å². The molecule has 0 saturated heterocycles. The summed E-state index contributed by atoms with van der Waals surface area (Å²) in [5.74, 6) is -17.7. The average Bonchev–Trinajstić information content (AvgIpc) is 1.67. The van der Waals surface area contributed by atoms with Crippen molar-refractivity contribution in [2.45, 2.75) is 230 Å². The van der Waals surface area contributed by atoms with E-state index >= 15 is 9.59 Å². The molecule has 15 amide bonds. The molecule has 41 heteroatoms. The van der Waals surface area contributed by atoms with Crippen molar-refractivity contribution in [1.29, 1.82) is 0 Å². The van der Waals surface area contributed by atoms with Crippen molar-refractivity contribution < 1.29 is 107 Å². The van der Waals surface area contributed by atoms with Crippen LogP contribution in [0.1, 0.15) is 136 Å². The number of aliphatic hydroxyl groups excluding tert-OH is 3. The van der Waals surface area contributed by atoms with Gasteiger partial charge in [-0.3, -0.25) is 76.7 Å². The number of aromatic amines is 2. The second kappa shape index (κ2) is 48.3. The van der Waals surface area contributed by atoms with Gasteiger partial charge in [-0.1, -0.05) is 70.2 Å². The van der Waals surface area contributed by atoms with Gasteiger partial charge in [-0.25, -0.2) is 4.98 Å². The van der Waals surface area contributed by atoms with Gasteiger partial charge in [0.2, 0.25) is 88.6 Å². The van der Waals surface area contributed by atoms with E-state index in [2.05, 4.69) is 84.1 Å². The molecule has 5 aromatic rings. The van der Waals surface area contributed by atoms with Gasteiger partial charge in [0.15, 0.2) is 0 Å². The van der Waals surface area contributed by atoms with Crippen molar-refractivity contribution >= 4 is 105 Å². The van der Waals surface area contributed by atoms with Crippen LogP contribution >= 0.6 is 0 Å². The smallest absolute Gasteiger partial charge is 0.303 e. The lowest BCUT2D eigenvalue weighted by atomic mass is 10.0. The lowest BCUT2D eigenvalue weighted by Crippen LogP contribution is -2.62. The first-order valence-corrected chi connectivity index (χ1v) is 39.1. The Morgan fingerprint density at radius 1 is 0.433 bits per heavy atom. The molecule has 2 aromatic heterocycles. The van der Waals surface area contributed by atoms with Crippen molar-refractivity contribution in [2.24, 2.45) is 29.0 Å². The lowest BCUT2D eigenvalue weighted by Gasteiger charge is -2.29. The number of nitrogens with one attached hydrogen (secondary N) is 15. The predicted molar refractivity (Wildman–Crippen MR) is 431 cm³/mol. The van der Waals surface area contributed by atoms with Gasteiger partial charge in [0.1, 0.15) is 90.0 Å². The SMILES string of the molecule is CC(=O)N[C@@H](CC(C)C)C(=O)N[C@H](C(=O)N[C@@H](Cc1ccc(O)cc1)C(=O)N[C@@H](CCC(=O)O)C(=O)N[C@@H](Cc1c[nH]cn1)C(=O)N[C@@H](Cc1ccc(O)cc1)C(=O)N[C@@H](Cc1c[nH]c2ccccc12)C(=O)N[C@@H](C)C(=O)N[C@@H](CCC(N)=O)C(=O)N[C@@H](CC(C)C)C(=O)N[C@H](C(=O)N[C@@H](CO)C(=O)N[C@@H](CCCCN)C(N)=O)[C@@H](C)O)[C@@H](C)O. The number of aromatic hydroxyl groups is 2. The largest absolute Gasteiger partial charge is 0.508 e. The number of nitrogens with zero attached hydrogens (tertiary/aromatic N) is 1. The summed E-state index contributed by atoms with van der Waals surface area (Å²) in [6.45, 7) is 10.8. The number of imidazole rings is 1. The van der Waals surface area contributed by atoms with Crippen LogP contribution in [0.4, 0.5) is 0 Å². The number of carbonyl (C=O) groups is 16. The Morgan fingerprint density at radius 3 is 1.29 bits per heavy atom. The number of aliphatic hydroxyl groups is 3. The monoisotopic (exact) mass is 1680 g/mol. The Balaban J connectivity index is 1.45. The number of benzene rings is 3. The number of aliphatic carboxylic acids is 1. The van der Waals surface area contributed by atoms with Gasteiger partial charge in [-0.05, 0) is 131 Å². The maximum absolute atomic E-state index is 15.3. The lowest BCUT2D eigenvalue weighted by molar-refractivity contribution is -0.139. The quantitative estimate of drug-likeness (QED) is 0.0163. The molecule has 120 heavy (non-hydrogen) atoms. The normalized spacial score (nSPS) is 15.0. The first-order chi connectivity index (χ1) is 56.7. The molecule has 0 fully saturated rings. The number of carbonyl (C=O) groups excluding carboxylic acids is 15. The number of aromatic nitrogens is 3. The Labute approximate surface area is 691 Å². The van der Waals surface area contributed by atoms with Gasteiger partial charge in [0, 0.05) is 68.7 Å². The van der Waals surface area contributed by atoms with E-state index in [1.807, 2.05) is 0 Å². The highest BCUT2D eigenvalue weighted by atomic mass is 16.4. The van der Waals surface area contributed by atoms with E-state index in [1.165, 1.54) is 81.8 Å². The second-order valence-corrected chi connectivity index (χ2v) is 30.1. The number of nitrogens with two attached hydrogens (primary N) is 3. The van der Waals surface area contributed by atoms with Crippen molar-refractivity contribution in [3.05, 3.63) is 114 Å². The zero-order valence-corrected chi connectivity index (χ0v) is 68.0. The summed E-state index contributed by atoms with van der Waals surface area (Å²) < 4.78 is 0. The third kappa shape index (κ3) is 32.7. The van der Waals surface area contributed by atoms with Crippen LogP contribution in [-0.4, -0.2) is 244 Å². The number of phenols is 2. The Bertz CT molecular complexity index is 4330. The van der Waals surface area contributed by atoms with Gasteiger partial charge in [-0.15, -0.1) is 0 Å². The molecule has 0 bridgehead atoms. The number of primary amides is 2. The number of carboxylic acid groups (broad SMARTS) is 1. The summed E-state index contributed by atoms with van der Waals surface area (Å²) in [5.41, 5.74) is 18.3. The minimum atomic E-state index is -1.85. The third-order valence-corrected chi connectivity index (χ3v) is 19.0. The third-order valence-electron chi connectivity index (χ3n) is 19.0. The number of rotatable bonds is 51. The standard InChI is InChI=1S/C79H113N19O22/c1-39(2)29-56(87-44(8)102)75(116)97-65(42(6)100)78(119)95-59(32-46-18-22-50(104)23-19-46)72(113)90-55(25-27-64(106)107)70(111)94-61(34-48-36-83-38-85-48)74(115)92-58(31-45-16-20-49(103)21-17-45)73(114)93-60(33-47-35-84-52-14-10-9-13-51(47)52)71(112)86-41(5)68(109)89-54(24-26-63(81)105)69(110)91-57(30-40(3)4)76(117)98-66(43(7)101)79(120)96-62(37-99)77(118)88-53(67(82)108)15-11-12-28-80/h9-10,13-14,16-23,35-36,38-43,53-62,65-66,84,99-101,103-104H,11-12,15,24-34,37,80H2,1-8H3,(H2,81,105)(H2,82,108)(H,83,85)(H,86,112)(H,87,102)(H,88,118)(H,89,109)(H,90,113)(H,91,110)(H,92,115)(H,93,114)(H,94,111)(H,95,119)(H,96,120)(H,97,116)(H,98,117)(H,106,107)/t41-,42+,43+,53-,54-,55-,56-,57-,58-,59-,60-,61-,62-,65-,66-/m0/s1. The number of para-hydroxylation sites is 1. The predicted octanol–water partition coefficient (Wildman–Crippen LogP) is -4.49. The number of amides is 15. The molecular weight excluding hydrogens is 1570 g/mol.